The van der Waals surface area contributed by atoms with E-state index in [1.807, 2.05) is 31.2 Å². The molecular formula is C86H79BBr4F6O11S2. The van der Waals surface area contributed by atoms with Crippen LogP contribution in [0.25, 0.3) is 33.4 Å². The quantitative estimate of drug-likeness (QED) is 0.0273. The molecule has 574 valence electrons. The van der Waals surface area contributed by atoms with E-state index in [2.05, 4.69) is 200 Å². The Labute approximate surface area is 671 Å². The summed E-state index contributed by atoms with van der Waals surface area (Å²) < 4.78 is 131. The van der Waals surface area contributed by atoms with Crippen molar-refractivity contribution in [3.05, 3.63) is 299 Å². The standard InChI is InChI=1S/C22H19F3O3S.C20H16Br2.C20H18O2.C10H11F3O3S.C8H8Br2.C6H7BO3/c1-14-2-4-15(5-3-14)20-12-18-7-6-17(20)13-21(18)16-8-10-19(11-9-16)28-29(26,27)22(23,24)25;2*21-17-7-3-13(4-8-17)19-12-16-2-1-15(19)11-20(16)14-5-9-18(22)10-6-14;1-6-4-8-3-2-7(6)5-9(8)16-17(14,15)10(11,12)13;9-7-4-6-2-1-5(7)3-8(6)10;8-6-3-1-5(2-4-6)7(9)10/h2-5,8-13,17-18H,6-7H2,1H3;3-12,15-16H,1-2H2;3-12,15-16,21-22H,1-2H2;4-5,7-8H,2-3H2,1H3;3-6H,1-2H2;1-4,8-10H. The molecule has 0 saturated carbocycles. The molecule has 10 bridgehead atoms. The lowest BCUT2D eigenvalue weighted by Crippen LogP contribution is -2.29. The molecule has 0 aromatic heterocycles. The Morgan fingerprint density at radius 1 is 0.336 bits per heavy atom. The predicted molar refractivity (Wildman–Crippen MR) is 437 cm³/mol. The van der Waals surface area contributed by atoms with Gasteiger partial charge in [0.25, 0.3) is 0 Å². The molecule has 0 fully saturated rings. The van der Waals surface area contributed by atoms with Gasteiger partial charge in [-0.15, -0.1) is 0 Å². The minimum Gasteiger partial charge on any atom is -0.508 e. The van der Waals surface area contributed by atoms with Crippen molar-refractivity contribution < 1.29 is 76.9 Å². The van der Waals surface area contributed by atoms with Crippen molar-refractivity contribution in [2.45, 2.75) is 89.1 Å². The van der Waals surface area contributed by atoms with Gasteiger partial charge in [0, 0.05) is 68.1 Å². The van der Waals surface area contributed by atoms with Gasteiger partial charge in [0.1, 0.15) is 28.8 Å². The lowest BCUT2D eigenvalue weighted by molar-refractivity contribution is -0.0528. The van der Waals surface area contributed by atoms with Gasteiger partial charge in [0.2, 0.25) is 0 Å². The second-order valence-electron chi connectivity index (χ2n) is 28.7. The molecule has 0 spiro atoms. The van der Waals surface area contributed by atoms with E-state index in [4.69, 9.17) is 15.2 Å². The molecule has 0 aliphatic heterocycles. The summed E-state index contributed by atoms with van der Waals surface area (Å²) in [5.74, 6) is 3.79. The maximum Gasteiger partial charge on any atom is 0.534 e. The van der Waals surface area contributed by atoms with Crippen LogP contribution >= 0.6 is 63.7 Å². The zero-order valence-corrected chi connectivity index (χ0v) is 67.6. The van der Waals surface area contributed by atoms with E-state index in [1.54, 1.807) is 42.5 Å². The summed E-state index contributed by atoms with van der Waals surface area (Å²) in [6, 6.07) is 52.3. The van der Waals surface area contributed by atoms with Gasteiger partial charge in [-0.3, -0.25) is 0 Å². The van der Waals surface area contributed by atoms with Crippen LogP contribution in [0.5, 0.6) is 23.0 Å². The number of alkyl halides is 6. The maximum absolute atomic E-state index is 12.5. The van der Waals surface area contributed by atoms with Crippen LogP contribution in [0.4, 0.5) is 26.3 Å². The number of phenols is 3. The minimum absolute atomic E-state index is 0.00145. The second-order valence-corrected chi connectivity index (χ2v) is 35.4. The molecule has 0 saturated heterocycles. The van der Waals surface area contributed by atoms with E-state index >= 15 is 0 Å². The Kier molecular flexibility index (Phi) is 25.8. The Hall–Kier alpha value is -7.68. The molecule has 7 aromatic rings. The fourth-order valence-electron chi connectivity index (χ4n) is 15.5. The van der Waals surface area contributed by atoms with Gasteiger partial charge >= 0.3 is 38.4 Å². The molecule has 0 radical (unpaired) electrons. The largest absolute Gasteiger partial charge is 0.534 e. The number of phenolic OH excluding ortho intramolecular Hbond substituents is 3. The first kappa shape index (κ1) is 81.8. The SMILES string of the molecule is BrC1=CC2CCC1C=C2Br.Brc1ccc(C2=CC3CCC2C=C3c2ccc(Br)cc2)cc1.CC1=CC2CCC1C=C2OS(=O)(=O)C(F)(F)F.Cc1ccc(C2=CC3CCC2C=C3c2ccc(OS(=O)(=O)C(F)(F)F)cc2)cc1.OB(O)c1ccc(O)cc1.Oc1ccc(C2=CC3CCC2C=C3c2ccc(O)cc2)cc1. The number of aryl methyl sites for hydroxylation is 1. The van der Waals surface area contributed by atoms with Crippen molar-refractivity contribution in [1.82, 2.24) is 0 Å². The number of allylic oxidation sites excluding steroid dienone is 19. The van der Waals surface area contributed by atoms with Crippen LogP contribution in [0.1, 0.15) is 110 Å². The van der Waals surface area contributed by atoms with Gasteiger partial charge < -0.3 is 33.7 Å². The highest BCUT2D eigenvalue weighted by Gasteiger charge is 2.51. The Balaban J connectivity index is 0.000000127. The fourth-order valence-corrected chi connectivity index (χ4v) is 18.4. The molecule has 0 amide bonds. The average Bonchev–Trinajstić information content (AvgIpc) is 0.774. The Morgan fingerprint density at radius 2 is 0.609 bits per heavy atom. The molecule has 24 heteroatoms. The minimum atomic E-state index is -5.66. The van der Waals surface area contributed by atoms with Gasteiger partial charge in [0.15, 0.2) is 0 Å². The number of hydrogen-bond acceptors (Lipinski definition) is 11. The molecule has 5 N–H and O–H groups in total. The monoisotopic (exact) mass is 1790 g/mol. The van der Waals surface area contributed by atoms with E-state index in [0.29, 0.717) is 64.8 Å². The molecule has 7 aromatic carbocycles. The summed E-state index contributed by atoms with van der Waals surface area (Å²) in [6.45, 7) is 3.93. The highest BCUT2D eigenvalue weighted by atomic mass is 79.9. The van der Waals surface area contributed by atoms with E-state index in [9.17, 15) is 53.4 Å². The van der Waals surface area contributed by atoms with Crippen LogP contribution in [0.15, 0.2) is 260 Å². The van der Waals surface area contributed by atoms with Gasteiger partial charge in [0.05, 0.1) is 0 Å². The van der Waals surface area contributed by atoms with Crippen molar-refractivity contribution in [2.24, 2.45) is 59.2 Å². The number of hydrogen-bond donors (Lipinski definition) is 5. The third-order valence-electron chi connectivity index (χ3n) is 21.3. The average molecular weight is 1800 g/mol. The molecule has 110 heavy (non-hydrogen) atoms. The number of rotatable bonds is 11. The van der Waals surface area contributed by atoms with Crippen molar-refractivity contribution in [3.8, 4) is 23.0 Å². The third-order valence-corrected chi connectivity index (χ3v) is 26.1. The van der Waals surface area contributed by atoms with E-state index in [-0.39, 0.29) is 35.0 Å². The number of benzene rings is 7. The van der Waals surface area contributed by atoms with Crippen LogP contribution in [0, 0.1) is 66.1 Å². The van der Waals surface area contributed by atoms with Crippen molar-refractivity contribution >= 4 is 130 Å². The predicted octanol–water partition coefficient (Wildman–Crippen LogP) is 22.4. The normalized spacial score (nSPS) is 23.6. The summed E-state index contributed by atoms with van der Waals surface area (Å²) in [5, 5.41) is 44.8. The van der Waals surface area contributed by atoms with Gasteiger partial charge in [-0.25, -0.2) is 0 Å². The van der Waals surface area contributed by atoms with E-state index in [1.165, 1.54) is 151 Å². The fraction of sp³-hybridized carbons (Fsp3) is 0.279. The Bertz CT molecular complexity index is 4780. The van der Waals surface area contributed by atoms with Crippen LogP contribution in [-0.2, 0) is 24.4 Å². The molecular weight excluding hydrogens is 1720 g/mol. The molecule has 10 atom stereocenters. The second kappa shape index (κ2) is 34.7. The van der Waals surface area contributed by atoms with Gasteiger partial charge in [-0.1, -0.05) is 227 Å². The molecule has 22 rings (SSSR count). The maximum atomic E-state index is 12.5. The van der Waals surface area contributed by atoms with E-state index < -0.39 is 38.4 Å². The van der Waals surface area contributed by atoms with Crippen LogP contribution in [-0.4, -0.2) is 60.3 Å². The third kappa shape index (κ3) is 19.8. The summed E-state index contributed by atoms with van der Waals surface area (Å²) >= 11 is 14.2. The van der Waals surface area contributed by atoms with Crippen LogP contribution in [0.3, 0.4) is 0 Å². The summed E-state index contributed by atoms with van der Waals surface area (Å²) in [4.78, 5) is 0. The van der Waals surface area contributed by atoms with Crippen LogP contribution < -0.4 is 9.65 Å². The summed E-state index contributed by atoms with van der Waals surface area (Å²) in [6.07, 6.45) is 33.2. The Morgan fingerprint density at radius 3 is 0.882 bits per heavy atom. The smallest absolute Gasteiger partial charge is 0.508 e. The topological polar surface area (TPSA) is 188 Å². The number of halogens is 10. The highest BCUT2D eigenvalue weighted by Crippen LogP contribution is 2.52. The molecule has 10 unspecified atom stereocenters. The lowest BCUT2D eigenvalue weighted by Gasteiger charge is -2.35. The van der Waals surface area contributed by atoms with Crippen molar-refractivity contribution in [3.63, 3.8) is 0 Å². The lowest BCUT2D eigenvalue weighted by atomic mass is 9.69. The highest BCUT2D eigenvalue weighted by molar-refractivity contribution is 9.12. The zero-order chi connectivity index (χ0) is 78.6. The van der Waals surface area contributed by atoms with Crippen molar-refractivity contribution in [2.75, 3.05) is 0 Å². The van der Waals surface area contributed by atoms with Gasteiger partial charge in [-0.05, 0) is 238 Å². The molecule has 15 aliphatic carbocycles. The molecule has 15 aliphatic rings. The molecule has 11 nitrogen and oxygen atoms in total. The first-order valence-electron chi connectivity index (χ1n) is 36.1. The van der Waals surface area contributed by atoms with Crippen molar-refractivity contribution in [1.29, 1.82) is 0 Å². The molecule has 0 heterocycles. The number of aromatic hydroxyl groups is 3. The summed E-state index contributed by atoms with van der Waals surface area (Å²) in [7, 11) is -12.7. The zero-order valence-electron chi connectivity index (χ0n) is 59.6. The van der Waals surface area contributed by atoms with Gasteiger partial charge in [-0.2, -0.15) is 43.2 Å². The van der Waals surface area contributed by atoms with Crippen LogP contribution in [0.2, 0.25) is 0 Å². The number of fused-ring (bicyclic) bond motifs is 5. The summed E-state index contributed by atoms with van der Waals surface area (Å²) in [5.41, 5.74) is 7.19. The van der Waals surface area contributed by atoms with E-state index in [0.717, 1.165) is 44.9 Å². The first-order chi connectivity index (χ1) is 52.2. The first-order valence-corrected chi connectivity index (χ1v) is 42.1.